The van der Waals surface area contributed by atoms with Crippen LogP contribution in [-0.4, -0.2) is 30.8 Å². The third-order valence-corrected chi connectivity index (χ3v) is 2.77. The lowest BCUT2D eigenvalue weighted by Crippen LogP contribution is -2.41. The van der Waals surface area contributed by atoms with Crippen molar-refractivity contribution in [2.75, 3.05) is 19.4 Å². The molecular formula is C12H21N3O. The van der Waals surface area contributed by atoms with E-state index in [4.69, 9.17) is 10.5 Å². The number of likely N-dealkylation sites (N-methyl/N-ethyl adjacent to an activating group) is 1. The molecule has 0 aliphatic carbocycles. The molecule has 2 unspecified atom stereocenters. The highest BCUT2D eigenvalue weighted by atomic mass is 16.5. The summed E-state index contributed by atoms with van der Waals surface area (Å²) in [7, 11) is 1.72. The highest BCUT2D eigenvalue weighted by molar-refractivity contribution is 5.39. The summed E-state index contributed by atoms with van der Waals surface area (Å²) in [6, 6.07) is 4.18. The minimum Gasteiger partial charge on any atom is -0.383 e. The number of rotatable bonds is 6. The molecule has 2 atom stereocenters. The Kier molecular flexibility index (Phi) is 5.22. The summed E-state index contributed by atoms with van der Waals surface area (Å²) in [5, 5.41) is 3.40. The lowest BCUT2D eigenvalue weighted by atomic mass is 10.0. The number of hydrogen-bond donors (Lipinski definition) is 2. The summed E-state index contributed by atoms with van der Waals surface area (Å²) >= 11 is 0. The van der Waals surface area contributed by atoms with E-state index >= 15 is 0 Å². The number of nitrogens with one attached hydrogen (secondary N) is 1. The molecule has 1 heterocycles. The van der Waals surface area contributed by atoms with Crippen LogP contribution < -0.4 is 11.1 Å². The summed E-state index contributed by atoms with van der Waals surface area (Å²) in [5.41, 5.74) is 6.89. The summed E-state index contributed by atoms with van der Waals surface area (Å²) < 4.78 is 5.35. The van der Waals surface area contributed by atoms with Crippen LogP contribution in [0.3, 0.4) is 0 Å². The fourth-order valence-electron chi connectivity index (χ4n) is 1.69. The lowest BCUT2D eigenvalue weighted by molar-refractivity contribution is 0.0836. The highest BCUT2D eigenvalue weighted by Crippen LogP contribution is 2.12. The SMILES string of the molecule is CCNC(Cc1cccnc1N)C(C)OC. The van der Waals surface area contributed by atoms with Gasteiger partial charge in [0, 0.05) is 19.3 Å². The van der Waals surface area contributed by atoms with Crippen LogP contribution in [0.1, 0.15) is 19.4 Å². The van der Waals surface area contributed by atoms with Gasteiger partial charge >= 0.3 is 0 Å². The van der Waals surface area contributed by atoms with Crippen LogP contribution in [-0.2, 0) is 11.2 Å². The number of anilines is 1. The number of hydrogen-bond acceptors (Lipinski definition) is 4. The first kappa shape index (κ1) is 12.9. The van der Waals surface area contributed by atoms with Crippen molar-refractivity contribution in [1.82, 2.24) is 10.3 Å². The zero-order valence-electron chi connectivity index (χ0n) is 10.2. The van der Waals surface area contributed by atoms with Crippen LogP contribution in [0, 0.1) is 0 Å². The Bertz CT molecular complexity index is 317. The van der Waals surface area contributed by atoms with Gasteiger partial charge in [0.15, 0.2) is 0 Å². The zero-order valence-corrected chi connectivity index (χ0v) is 10.2. The van der Waals surface area contributed by atoms with E-state index in [9.17, 15) is 0 Å². The smallest absolute Gasteiger partial charge is 0.126 e. The van der Waals surface area contributed by atoms with Gasteiger partial charge in [0.2, 0.25) is 0 Å². The van der Waals surface area contributed by atoms with Gasteiger partial charge in [-0.15, -0.1) is 0 Å². The molecule has 3 N–H and O–H groups in total. The van der Waals surface area contributed by atoms with Gasteiger partial charge in [-0.3, -0.25) is 0 Å². The molecule has 0 saturated carbocycles. The predicted octanol–water partition coefficient (Wildman–Crippen LogP) is 1.22. The standard InChI is InChI=1S/C12H21N3O/c1-4-14-11(9(2)16-3)8-10-6-5-7-15-12(10)13/h5-7,9,11,14H,4,8H2,1-3H3,(H2,13,15). The molecule has 0 bridgehead atoms. The van der Waals surface area contributed by atoms with Crippen LogP contribution in [0.4, 0.5) is 5.82 Å². The van der Waals surface area contributed by atoms with Crippen LogP contribution in [0.15, 0.2) is 18.3 Å². The number of nitrogens with zero attached hydrogens (tertiary/aromatic N) is 1. The topological polar surface area (TPSA) is 60.2 Å². The maximum Gasteiger partial charge on any atom is 0.126 e. The first-order valence-corrected chi connectivity index (χ1v) is 5.64. The number of pyridine rings is 1. The molecule has 16 heavy (non-hydrogen) atoms. The minimum absolute atomic E-state index is 0.152. The van der Waals surface area contributed by atoms with Gasteiger partial charge < -0.3 is 15.8 Å². The average Bonchev–Trinajstić information content (AvgIpc) is 2.30. The molecule has 0 fully saturated rings. The van der Waals surface area contributed by atoms with Crippen LogP contribution >= 0.6 is 0 Å². The Morgan fingerprint density at radius 1 is 1.56 bits per heavy atom. The summed E-state index contributed by atoms with van der Waals surface area (Å²) in [6.45, 7) is 5.06. The number of nitrogens with two attached hydrogens (primary N) is 1. The number of nitrogen functional groups attached to an aromatic ring is 1. The maximum atomic E-state index is 5.83. The second-order valence-electron chi connectivity index (χ2n) is 3.86. The average molecular weight is 223 g/mol. The molecule has 90 valence electrons. The van der Waals surface area contributed by atoms with Crippen molar-refractivity contribution in [3.63, 3.8) is 0 Å². The minimum atomic E-state index is 0.152. The van der Waals surface area contributed by atoms with Crippen molar-refractivity contribution in [3.05, 3.63) is 23.9 Å². The summed E-state index contributed by atoms with van der Waals surface area (Å²) in [4.78, 5) is 4.09. The Morgan fingerprint density at radius 2 is 2.31 bits per heavy atom. The highest BCUT2D eigenvalue weighted by Gasteiger charge is 2.17. The van der Waals surface area contributed by atoms with Gasteiger partial charge in [-0.2, -0.15) is 0 Å². The molecule has 1 aromatic heterocycles. The van der Waals surface area contributed by atoms with Crippen molar-refractivity contribution in [2.45, 2.75) is 32.4 Å². The number of aromatic nitrogens is 1. The van der Waals surface area contributed by atoms with E-state index in [2.05, 4.69) is 24.1 Å². The van der Waals surface area contributed by atoms with Gasteiger partial charge in [0.1, 0.15) is 5.82 Å². The van der Waals surface area contributed by atoms with Gasteiger partial charge in [0.25, 0.3) is 0 Å². The van der Waals surface area contributed by atoms with Crippen molar-refractivity contribution < 1.29 is 4.74 Å². The second-order valence-corrected chi connectivity index (χ2v) is 3.86. The van der Waals surface area contributed by atoms with E-state index in [1.54, 1.807) is 13.3 Å². The Morgan fingerprint density at radius 3 is 2.88 bits per heavy atom. The molecule has 4 nitrogen and oxygen atoms in total. The normalized spacial score (nSPS) is 14.7. The predicted molar refractivity (Wildman–Crippen MR) is 66.3 cm³/mol. The van der Waals surface area contributed by atoms with E-state index in [0.29, 0.717) is 5.82 Å². The van der Waals surface area contributed by atoms with Crippen molar-refractivity contribution in [3.8, 4) is 0 Å². The summed E-state index contributed by atoms with van der Waals surface area (Å²) in [5.74, 6) is 0.605. The van der Waals surface area contributed by atoms with Crippen molar-refractivity contribution in [2.24, 2.45) is 0 Å². The fourth-order valence-corrected chi connectivity index (χ4v) is 1.69. The molecule has 0 saturated heterocycles. The second kappa shape index (κ2) is 6.45. The van der Waals surface area contributed by atoms with E-state index in [1.807, 2.05) is 12.1 Å². The number of ether oxygens (including phenoxy) is 1. The van der Waals surface area contributed by atoms with Gasteiger partial charge in [-0.1, -0.05) is 13.0 Å². The molecule has 0 aromatic carbocycles. The van der Waals surface area contributed by atoms with Crippen LogP contribution in [0.2, 0.25) is 0 Å². The number of methoxy groups -OCH3 is 1. The fraction of sp³-hybridized carbons (Fsp3) is 0.583. The zero-order chi connectivity index (χ0) is 12.0. The molecule has 0 amide bonds. The van der Waals surface area contributed by atoms with Gasteiger partial charge in [-0.05, 0) is 31.5 Å². The third kappa shape index (κ3) is 3.47. The molecule has 0 aliphatic rings. The van der Waals surface area contributed by atoms with Gasteiger partial charge in [-0.25, -0.2) is 4.98 Å². The monoisotopic (exact) mass is 223 g/mol. The van der Waals surface area contributed by atoms with Gasteiger partial charge in [0.05, 0.1) is 6.10 Å². The molecule has 0 radical (unpaired) electrons. The molecule has 0 aliphatic heterocycles. The Balaban J connectivity index is 2.71. The van der Waals surface area contributed by atoms with Crippen molar-refractivity contribution in [1.29, 1.82) is 0 Å². The summed E-state index contributed by atoms with van der Waals surface area (Å²) in [6.07, 6.45) is 2.70. The third-order valence-electron chi connectivity index (χ3n) is 2.77. The van der Waals surface area contributed by atoms with Crippen molar-refractivity contribution >= 4 is 5.82 Å². The first-order chi connectivity index (χ1) is 7.69. The Labute approximate surface area is 97.2 Å². The Hall–Kier alpha value is -1.13. The molecular weight excluding hydrogens is 202 g/mol. The first-order valence-electron chi connectivity index (χ1n) is 5.64. The van der Waals surface area contributed by atoms with E-state index in [0.717, 1.165) is 18.5 Å². The van der Waals surface area contributed by atoms with E-state index in [1.165, 1.54) is 0 Å². The molecule has 1 rings (SSSR count). The van der Waals surface area contributed by atoms with Crippen LogP contribution in [0.5, 0.6) is 0 Å². The lowest BCUT2D eigenvalue weighted by Gasteiger charge is -2.24. The molecule has 0 spiro atoms. The molecule has 1 aromatic rings. The van der Waals surface area contributed by atoms with E-state index < -0.39 is 0 Å². The van der Waals surface area contributed by atoms with E-state index in [-0.39, 0.29) is 12.1 Å². The largest absolute Gasteiger partial charge is 0.383 e. The molecule has 4 heteroatoms. The van der Waals surface area contributed by atoms with Crippen LogP contribution in [0.25, 0.3) is 0 Å². The maximum absolute atomic E-state index is 5.83. The quantitative estimate of drug-likeness (QED) is 0.761.